The van der Waals surface area contributed by atoms with Crippen LogP contribution in [-0.2, 0) is 4.74 Å². The normalized spacial score (nSPS) is 20.9. The van der Waals surface area contributed by atoms with Gasteiger partial charge in [0.15, 0.2) is 0 Å². The van der Waals surface area contributed by atoms with Crippen LogP contribution in [0.15, 0.2) is 18.2 Å². The van der Waals surface area contributed by atoms with Crippen LogP contribution in [0.3, 0.4) is 0 Å². The van der Waals surface area contributed by atoms with Crippen LogP contribution in [0, 0.1) is 0 Å². The van der Waals surface area contributed by atoms with Gasteiger partial charge in [-0.1, -0.05) is 35.3 Å². The summed E-state index contributed by atoms with van der Waals surface area (Å²) in [4.78, 5) is 2.39. The number of nitrogens with two attached hydrogens (primary N) is 1. The van der Waals surface area contributed by atoms with Crippen LogP contribution in [0.5, 0.6) is 0 Å². The van der Waals surface area contributed by atoms with Crippen molar-refractivity contribution in [3.8, 4) is 0 Å². The maximum absolute atomic E-state index is 6.25. The second-order valence-corrected chi connectivity index (χ2v) is 6.71. The van der Waals surface area contributed by atoms with E-state index >= 15 is 0 Å². The quantitative estimate of drug-likeness (QED) is 0.924. The Kier molecular flexibility index (Phi) is 5.32. The molecule has 0 amide bonds. The number of hydrogen-bond donors (Lipinski definition) is 1. The van der Waals surface area contributed by atoms with Gasteiger partial charge < -0.3 is 10.5 Å². The Hall–Kier alpha value is -0.320. The molecular formula is C15H22Cl2N2O. The largest absolute Gasteiger partial charge is 0.373 e. The zero-order valence-electron chi connectivity index (χ0n) is 12.0. The SMILES string of the molecule is CC1(C)CN(CCC(N)c2cccc(Cl)c2Cl)CCO1. The number of nitrogens with zero attached hydrogens (tertiary/aromatic N) is 1. The molecule has 0 saturated carbocycles. The Labute approximate surface area is 131 Å². The molecule has 1 unspecified atom stereocenters. The molecule has 0 bridgehead atoms. The molecule has 1 saturated heterocycles. The third kappa shape index (κ3) is 4.09. The summed E-state index contributed by atoms with van der Waals surface area (Å²) < 4.78 is 5.71. The first-order chi connectivity index (χ1) is 9.39. The lowest BCUT2D eigenvalue weighted by molar-refractivity contribution is -0.0863. The van der Waals surface area contributed by atoms with Gasteiger partial charge in [0.2, 0.25) is 0 Å². The molecule has 0 radical (unpaired) electrons. The molecule has 1 heterocycles. The Morgan fingerprint density at radius 3 is 2.85 bits per heavy atom. The highest BCUT2D eigenvalue weighted by atomic mass is 35.5. The van der Waals surface area contributed by atoms with Gasteiger partial charge in [-0.05, 0) is 31.9 Å². The molecule has 5 heteroatoms. The fraction of sp³-hybridized carbons (Fsp3) is 0.600. The molecule has 1 aliphatic heterocycles. The van der Waals surface area contributed by atoms with Gasteiger partial charge >= 0.3 is 0 Å². The minimum atomic E-state index is -0.0906. The molecule has 2 N–H and O–H groups in total. The fourth-order valence-corrected chi connectivity index (χ4v) is 3.04. The molecule has 1 aliphatic rings. The Bertz CT molecular complexity index is 465. The first-order valence-electron chi connectivity index (χ1n) is 6.95. The van der Waals surface area contributed by atoms with E-state index in [4.69, 9.17) is 33.7 Å². The van der Waals surface area contributed by atoms with Crippen molar-refractivity contribution in [1.29, 1.82) is 0 Å². The van der Waals surface area contributed by atoms with Crippen molar-refractivity contribution in [3.05, 3.63) is 33.8 Å². The predicted molar refractivity (Wildman–Crippen MR) is 84.5 cm³/mol. The summed E-state index contributed by atoms with van der Waals surface area (Å²) in [7, 11) is 0. The maximum Gasteiger partial charge on any atom is 0.0753 e. The van der Waals surface area contributed by atoms with Crippen LogP contribution in [0.4, 0.5) is 0 Å². The summed E-state index contributed by atoms with van der Waals surface area (Å²) in [5.74, 6) is 0. The highest BCUT2D eigenvalue weighted by Gasteiger charge is 2.27. The molecule has 0 aliphatic carbocycles. The number of benzene rings is 1. The minimum Gasteiger partial charge on any atom is -0.373 e. The molecule has 1 aromatic rings. The molecule has 1 fully saturated rings. The van der Waals surface area contributed by atoms with E-state index in [-0.39, 0.29) is 11.6 Å². The van der Waals surface area contributed by atoms with E-state index in [0.717, 1.165) is 38.2 Å². The fourth-order valence-electron chi connectivity index (χ4n) is 2.59. The first kappa shape index (κ1) is 16.1. The average Bonchev–Trinajstić information content (AvgIpc) is 2.38. The van der Waals surface area contributed by atoms with Gasteiger partial charge in [0.05, 0.1) is 22.3 Å². The molecule has 112 valence electrons. The predicted octanol–water partition coefficient (Wildman–Crippen LogP) is 3.49. The molecule has 0 aromatic heterocycles. The summed E-state index contributed by atoms with van der Waals surface area (Å²) in [6.07, 6.45) is 0.857. The van der Waals surface area contributed by atoms with Gasteiger partial charge in [0.25, 0.3) is 0 Å². The number of hydrogen-bond acceptors (Lipinski definition) is 3. The first-order valence-corrected chi connectivity index (χ1v) is 7.70. The van der Waals surface area contributed by atoms with Crippen LogP contribution in [0.2, 0.25) is 10.0 Å². The van der Waals surface area contributed by atoms with Gasteiger partial charge in [-0.25, -0.2) is 0 Å². The summed E-state index contributed by atoms with van der Waals surface area (Å²) in [5.41, 5.74) is 7.10. The molecule has 0 spiro atoms. The van der Waals surface area contributed by atoms with E-state index in [9.17, 15) is 0 Å². The monoisotopic (exact) mass is 316 g/mol. The van der Waals surface area contributed by atoms with Crippen molar-refractivity contribution in [3.63, 3.8) is 0 Å². The average molecular weight is 317 g/mol. The van der Waals surface area contributed by atoms with Gasteiger partial charge in [-0.15, -0.1) is 0 Å². The summed E-state index contributed by atoms with van der Waals surface area (Å²) >= 11 is 12.2. The molecule has 3 nitrogen and oxygen atoms in total. The van der Waals surface area contributed by atoms with E-state index < -0.39 is 0 Å². The van der Waals surface area contributed by atoms with E-state index in [1.807, 2.05) is 12.1 Å². The highest BCUT2D eigenvalue weighted by Crippen LogP contribution is 2.30. The lowest BCUT2D eigenvalue weighted by Gasteiger charge is -2.38. The van der Waals surface area contributed by atoms with Gasteiger partial charge in [-0.3, -0.25) is 4.90 Å². The summed E-state index contributed by atoms with van der Waals surface area (Å²) in [5, 5.41) is 1.14. The molecular weight excluding hydrogens is 295 g/mol. The van der Waals surface area contributed by atoms with Gasteiger partial charge in [0.1, 0.15) is 0 Å². The van der Waals surface area contributed by atoms with Crippen molar-refractivity contribution in [2.75, 3.05) is 26.2 Å². The molecule has 1 aromatic carbocycles. The van der Waals surface area contributed by atoms with Crippen LogP contribution >= 0.6 is 23.2 Å². The van der Waals surface area contributed by atoms with Gasteiger partial charge in [-0.2, -0.15) is 0 Å². The van der Waals surface area contributed by atoms with Crippen molar-refractivity contribution >= 4 is 23.2 Å². The van der Waals surface area contributed by atoms with Crippen molar-refractivity contribution < 1.29 is 4.74 Å². The topological polar surface area (TPSA) is 38.5 Å². The van der Waals surface area contributed by atoms with E-state index in [1.165, 1.54) is 0 Å². The Balaban J connectivity index is 1.92. The smallest absolute Gasteiger partial charge is 0.0753 e. The van der Waals surface area contributed by atoms with Crippen molar-refractivity contribution in [1.82, 2.24) is 4.90 Å². The van der Waals surface area contributed by atoms with Crippen molar-refractivity contribution in [2.24, 2.45) is 5.73 Å². The summed E-state index contributed by atoms with van der Waals surface area (Å²) in [6, 6.07) is 5.53. The molecule has 20 heavy (non-hydrogen) atoms. The van der Waals surface area contributed by atoms with Crippen LogP contribution in [0.1, 0.15) is 31.9 Å². The van der Waals surface area contributed by atoms with Crippen LogP contribution in [-0.4, -0.2) is 36.7 Å². The molecule has 2 rings (SSSR count). The zero-order valence-corrected chi connectivity index (χ0v) is 13.5. The Morgan fingerprint density at radius 2 is 2.15 bits per heavy atom. The standard InChI is InChI=1S/C15H22Cl2N2O/c1-15(2)10-19(8-9-20-15)7-6-13(18)11-4-3-5-12(16)14(11)17/h3-5,13H,6-10,18H2,1-2H3. The van der Waals surface area contributed by atoms with Crippen molar-refractivity contribution in [2.45, 2.75) is 31.9 Å². The molecule has 1 atom stereocenters. The lowest BCUT2D eigenvalue weighted by Crippen LogP contribution is -2.48. The number of halogens is 2. The summed E-state index contributed by atoms with van der Waals surface area (Å²) in [6.45, 7) is 7.85. The van der Waals surface area contributed by atoms with E-state index in [1.54, 1.807) is 6.07 Å². The number of rotatable bonds is 4. The van der Waals surface area contributed by atoms with E-state index in [0.29, 0.717) is 10.0 Å². The second-order valence-electron chi connectivity index (χ2n) is 5.92. The third-order valence-corrected chi connectivity index (χ3v) is 4.48. The third-order valence-electron chi connectivity index (χ3n) is 3.64. The maximum atomic E-state index is 6.25. The lowest BCUT2D eigenvalue weighted by atomic mass is 10.0. The van der Waals surface area contributed by atoms with Gasteiger partial charge in [0, 0.05) is 25.7 Å². The second kappa shape index (κ2) is 6.63. The van der Waals surface area contributed by atoms with E-state index in [2.05, 4.69) is 18.7 Å². The number of morpholine rings is 1. The highest BCUT2D eigenvalue weighted by molar-refractivity contribution is 6.42. The Morgan fingerprint density at radius 1 is 1.40 bits per heavy atom. The number of ether oxygens (including phenoxy) is 1. The van der Waals surface area contributed by atoms with Crippen LogP contribution < -0.4 is 5.73 Å². The van der Waals surface area contributed by atoms with Crippen LogP contribution in [0.25, 0.3) is 0 Å². The minimum absolute atomic E-state index is 0.0734. The zero-order chi connectivity index (χ0) is 14.8.